The minimum absolute atomic E-state index is 0.0484. The van der Waals surface area contributed by atoms with Gasteiger partial charge in [-0.15, -0.1) is 0 Å². The molecule has 2 aliphatic heterocycles. The molecule has 5 nitrogen and oxygen atoms in total. The number of nitrogens with two attached hydrogens (primary N) is 1. The number of likely N-dealkylation sites (tertiary alicyclic amines) is 1. The van der Waals surface area contributed by atoms with Crippen LogP contribution in [0.25, 0.3) is 0 Å². The van der Waals surface area contributed by atoms with E-state index in [2.05, 4.69) is 21.9 Å². The van der Waals surface area contributed by atoms with Crippen molar-refractivity contribution in [2.24, 2.45) is 17.6 Å². The van der Waals surface area contributed by atoms with Crippen LogP contribution in [0.15, 0.2) is 42.5 Å². The largest absolute Gasteiger partial charge is 0.372 e. The van der Waals surface area contributed by atoms with Crippen molar-refractivity contribution < 1.29 is 14.0 Å². The van der Waals surface area contributed by atoms with Crippen molar-refractivity contribution in [3.05, 3.63) is 65.0 Å². The second-order valence-corrected chi connectivity index (χ2v) is 11.7. The first kappa shape index (κ1) is 26.9. The number of ketones is 1. The quantitative estimate of drug-likeness (QED) is 0.423. The number of hydrogen-bond donors (Lipinski definition) is 1. The van der Waals surface area contributed by atoms with E-state index >= 15 is 0 Å². The highest BCUT2D eigenvalue weighted by Gasteiger charge is 2.29. The molecule has 6 heteroatoms. The zero-order chi connectivity index (χ0) is 26.5. The van der Waals surface area contributed by atoms with Crippen molar-refractivity contribution in [2.75, 3.05) is 37.6 Å². The number of carbonyl (C=O) groups is 2. The maximum Gasteiger partial charge on any atom is 0.248 e. The first-order valence-electron chi connectivity index (χ1n) is 14.7. The second-order valence-electron chi connectivity index (χ2n) is 11.7. The summed E-state index contributed by atoms with van der Waals surface area (Å²) in [5, 5.41) is 0. The number of rotatable bonds is 8. The van der Waals surface area contributed by atoms with Crippen molar-refractivity contribution in [1.82, 2.24) is 4.90 Å². The Labute approximate surface area is 226 Å². The van der Waals surface area contributed by atoms with Crippen LogP contribution >= 0.6 is 0 Å². The number of anilines is 1. The first-order valence-corrected chi connectivity index (χ1v) is 14.7. The predicted molar refractivity (Wildman–Crippen MR) is 150 cm³/mol. The fourth-order valence-corrected chi connectivity index (χ4v) is 6.86. The summed E-state index contributed by atoms with van der Waals surface area (Å²) in [5.41, 5.74) is 9.51. The van der Waals surface area contributed by atoms with E-state index in [9.17, 15) is 14.0 Å². The summed E-state index contributed by atoms with van der Waals surface area (Å²) >= 11 is 0. The summed E-state index contributed by atoms with van der Waals surface area (Å²) in [6.45, 7) is 5.19. The standard InChI is InChI=1S/C32H42FN3O2/c33-27-10-8-25(9-11-27)31(37)26-15-20-35(21-16-26)19-14-23-4-6-24(7-5-23)30-22-28(12-13-29(30)32(34)38)36-17-2-1-3-18-36/h8-13,22-24,26H,1-7,14-21H2,(H2,34,38). The number of halogens is 1. The van der Waals surface area contributed by atoms with Gasteiger partial charge in [0.1, 0.15) is 5.82 Å². The molecule has 1 saturated carbocycles. The van der Waals surface area contributed by atoms with Crippen LogP contribution < -0.4 is 10.6 Å². The zero-order valence-corrected chi connectivity index (χ0v) is 22.5. The van der Waals surface area contributed by atoms with Crippen LogP contribution in [0.3, 0.4) is 0 Å². The number of primary amides is 1. The molecule has 0 radical (unpaired) electrons. The highest BCUT2D eigenvalue weighted by atomic mass is 19.1. The van der Waals surface area contributed by atoms with Gasteiger partial charge in [0.05, 0.1) is 0 Å². The van der Waals surface area contributed by atoms with Gasteiger partial charge in [-0.25, -0.2) is 4.39 Å². The lowest BCUT2D eigenvalue weighted by atomic mass is 9.76. The van der Waals surface area contributed by atoms with E-state index in [1.807, 2.05) is 6.07 Å². The topological polar surface area (TPSA) is 66.6 Å². The van der Waals surface area contributed by atoms with E-state index in [-0.39, 0.29) is 23.4 Å². The summed E-state index contributed by atoms with van der Waals surface area (Å²) in [6.07, 6.45) is 11.3. The molecule has 2 heterocycles. The van der Waals surface area contributed by atoms with Crippen molar-refractivity contribution in [1.29, 1.82) is 0 Å². The third kappa shape index (κ3) is 6.45. The zero-order valence-electron chi connectivity index (χ0n) is 22.5. The van der Waals surface area contributed by atoms with Crippen molar-refractivity contribution in [3.8, 4) is 0 Å². The summed E-state index contributed by atoms with van der Waals surface area (Å²) in [5.74, 6) is 0.715. The molecule has 1 amide bonds. The lowest BCUT2D eigenvalue weighted by Crippen LogP contribution is -2.37. The Kier molecular flexibility index (Phi) is 8.78. The van der Waals surface area contributed by atoms with Gasteiger partial charge in [-0.1, -0.05) is 0 Å². The first-order chi connectivity index (χ1) is 18.5. The lowest BCUT2D eigenvalue weighted by Gasteiger charge is -2.35. The maximum absolute atomic E-state index is 13.2. The fourth-order valence-electron chi connectivity index (χ4n) is 6.86. The monoisotopic (exact) mass is 519 g/mol. The van der Waals surface area contributed by atoms with Gasteiger partial charge in [-0.05, 0) is 144 Å². The van der Waals surface area contributed by atoms with E-state index < -0.39 is 0 Å². The van der Waals surface area contributed by atoms with Crippen LogP contribution in [-0.2, 0) is 0 Å². The summed E-state index contributed by atoms with van der Waals surface area (Å²) in [6, 6.07) is 12.3. The molecule has 0 atom stereocenters. The minimum atomic E-state index is -0.311. The smallest absolute Gasteiger partial charge is 0.248 e. The van der Waals surface area contributed by atoms with Crippen LogP contribution in [0.2, 0.25) is 0 Å². The highest BCUT2D eigenvalue weighted by molar-refractivity contribution is 5.98. The van der Waals surface area contributed by atoms with Crippen LogP contribution in [-0.4, -0.2) is 49.3 Å². The van der Waals surface area contributed by atoms with Crippen LogP contribution in [0.1, 0.15) is 96.4 Å². The molecule has 0 spiro atoms. The molecule has 0 aromatic heterocycles. The molecule has 2 N–H and O–H groups in total. The molecule has 2 aromatic rings. The Morgan fingerprint density at radius 3 is 2.18 bits per heavy atom. The fraction of sp³-hybridized carbons (Fsp3) is 0.562. The second kappa shape index (κ2) is 12.4. The molecule has 38 heavy (non-hydrogen) atoms. The van der Waals surface area contributed by atoms with E-state index in [0.717, 1.165) is 64.0 Å². The Bertz CT molecular complexity index is 1100. The third-order valence-corrected chi connectivity index (χ3v) is 9.25. The number of amides is 1. The average molecular weight is 520 g/mol. The van der Waals surface area contributed by atoms with E-state index in [1.165, 1.54) is 56.3 Å². The number of benzene rings is 2. The van der Waals surface area contributed by atoms with Gasteiger partial charge >= 0.3 is 0 Å². The molecular formula is C32H42FN3O2. The summed E-state index contributed by atoms with van der Waals surface area (Å²) in [4.78, 5) is 30.0. The van der Waals surface area contributed by atoms with Crippen LogP contribution in [0.4, 0.5) is 10.1 Å². The van der Waals surface area contributed by atoms with Crippen LogP contribution in [0, 0.1) is 17.7 Å². The molecular weight excluding hydrogens is 477 g/mol. The molecule has 1 aliphatic carbocycles. The minimum Gasteiger partial charge on any atom is -0.372 e. The van der Waals surface area contributed by atoms with Gasteiger partial charge in [-0.2, -0.15) is 0 Å². The van der Waals surface area contributed by atoms with Gasteiger partial charge in [-0.3, -0.25) is 9.59 Å². The molecule has 5 rings (SSSR count). The normalized spacial score (nSPS) is 23.3. The molecule has 2 aromatic carbocycles. The molecule has 0 unspecified atom stereocenters. The van der Waals surface area contributed by atoms with Crippen molar-refractivity contribution in [3.63, 3.8) is 0 Å². The Morgan fingerprint density at radius 1 is 0.842 bits per heavy atom. The van der Waals surface area contributed by atoms with Crippen LogP contribution in [0.5, 0.6) is 0 Å². The van der Waals surface area contributed by atoms with Crippen molar-refractivity contribution in [2.45, 2.75) is 70.1 Å². The average Bonchev–Trinajstić information content (AvgIpc) is 2.97. The highest BCUT2D eigenvalue weighted by Crippen LogP contribution is 2.40. The van der Waals surface area contributed by atoms with E-state index in [4.69, 9.17) is 5.73 Å². The van der Waals surface area contributed by atoms with Gasteiger partial charge in [0.2, 0.25) is 5.91 Å². The van der Waals surface area contributed by atoms with Gasteiger partial charge in [0.25, 0.3) is 0 Å². The number of Topliss-reactive ketones (excluding diaryl/α,β-unsaturated/α-hetero) is 1. The van der Waals surface area contributed by atoms with E-state index in [1.54, 1.807) is 12.1 Å². The van der Waals surface area contributed by atoms with Gasteiger partial charge in [0, 0.05) is 35.8 Å². The van der Waals surface area contributed by atoms with Crippen molar-refractivity contribution >= 4 is 17.4 Å². The number of hydrogen-bond acceptors (Lipinski definition) is 4. The number of carbonyl (C=O) groups excluding carboxylic acids is 2. The Hall–Kier alpha value is -2.73. The Morgan fingerprint density at radius 2 is 1.53 bits per heavy atom. The molecule has 3 aliphatic rings. The van der Waals surface area contributed by atoms with Gasteiger partial charge in [0.15, 0.2) is 5.78 Å². The maximum atomic E-state index is 13.2. The predicted octanol–water partition coefficient (Wildman–Crippen LogP) is 6.17. The van der Waals surface area contributed by atoms with E-state index in [0.29, 0.717) is 23.0 Å². The number of piperidine rings is 2. The SMILES string of the molecule is NC(=O)c1ccc(N2CCCCC2)cc1C1CCC(CCN2CCC(C(=O)c3ccc(F)cc3)CC2)CC1. The molecule has 204 valence electrons. The summed E-state index contributed by atoms with van der Waals surface area (Å²) < 4.78 is 13.2. The third-order valence-electron chi connectivity index (χ3n) is 9.25. The molecule has 2 saturated heterocycles. The van der Waals surface area contributed by atoms with Gasteiger partial charge < -0.3 is 15.5 Å². The lowest BCUT2D eigenvalue weighted by molar-refractivity contribution is 0.0832. The molecule has 3 fully saturated rings. The Balaban J connectivity index is 1.09. The number of nitrogens with zero attached hydrogens (tertiary/aromatic N) is 2. The molecule has 0 bridgehead atoms. The summed E-state index contributed by atoms with van der Waals surface area (Å²) in [7, 11) is 0.